The Balaban J connectivity index is 0.00000122. The van der Waals surface area contributed by atoms with E-state index in [1.165, 1.54) is 19.4 Å². The van der Waals surface area contributed by atoms with E-state index in [0.29, 0.717) is 35.0 Å². The molecule has 2 heterocycles. The molecule has 0 unspecified atom stereocenters. The van der Waals surface area contributed by atoms with E-state index < -0.39 is 12.3 Å². The zero-order valence-electron chi connectivity index (χ0n) is 15.6. The summed E-state index contributed by atoms with van der Waals surface area (Å²) in [4.78, 5) is 20.2. The molecule has 0 amide bonds. The van der Waals surface area contributed by atoms with Gasteiger partial charge < -0.3 is 9.47 Å². The van der Waals surface area contributed by atoms with Gasteiger partial charge in [0.1, 0.15) is 5.75 Å². The average Bonchev–Trinajstić information content (AvgIpc) is 2.97. The zero-order chi connectivity index (χ0) is 21.5. The molecule has 154 valence electrons. The van der Waals surface area contributed by atoms with Crippen molar-refractivity contribution in [1.82, 2.24) is 14.8 Å². The van der Waals surface area contributed by atoms with E-state index in [2.05, 4.69) is 10.1 Å². The molecule has 2 aromatic rings. The third kappa shape index (κ3) is 5.46. The molecule has 7 nitrogen and oxygen atoms in total. The first kappa shape index (κ1) is 23.5. The quantitative estimate of drug-likeness (QED) is 0.702. The Morgan fingerprint density at radius 3 is 2.39 bits per heavy atom. The summed E-state index contributed by atoms with van der Waals surface area (Å²) in [5, 5.41) is 4.90. The first-order chi connectivity index (χ1) is 13.1. The summed E-state index contributed by atoms with van der Waals surface area (Å²) >= 11 is 6.41. The molecule has 0 aromatic carbocycles. The second-order valence-electron chi connectivity index (χ2n) is 5.39. The predicted molar refractivity (Wildman–Crippen MR) is 93.2 cm³/mol. The molecule has 1 atom stereocenters. The van der Waals surface area contributed by atoms with Gasteiger partial charge >= 0.3 is 12.3 Å². The molecule has 0 N–H and O–H groups in total. The SMILES string of the molecule is CCc1nn(CC)c(-c2cnc(O[C@H](C)C(F)(F)F)cc2OC)c1Cl.O=C=O. The van der Waals surface area contributed by atoms with Gasteiger partial charge in [-0.05, 0) is 20.3 Å². The van der Waals surface area contributed by atoms with Crippen LogP contribution in [0.3, 0.4) is 0 Å². The normalized spacial score (nSPS) is 11.9. The van der Waals surface area contributed by atoms with Crippen LogP contribution in [0, 0.1) is 0 Å². The van der Waals surface area contributed by atoms with Crippen molar-refractivity contribution in [3.63, 3.8) is 0 Å². The van der Waals surface area contributed by atoms with E-state index in [4.69, 9.17) is 30.7 Å². The van der Waals surface area contributed by atoms with E-state index in [-0.39, 0.29) is 12.0 Å². The predicted octanol–water partition coefficient (Wildman–Crippen LogP) is 3.94. The highest BCUT2D eigenvalue weighted by atomic mass is 35.5. The Bertz CT molecular complexity index is 834. The van der Waals surface area contributed by atoms with Crippen molar-refractivity contribution in [3.05, 3.63) is 23.0 Å². The summed E-state index contributed by atoms with van der Waals surface area (Å²) in [5.74, 6) is 0.123. The number of hydrogen-bond acceptors (Lipinski definition) is 6. The molecule has 0 aliphatic carbocycles. The number of methoxy groups -OCH3 is 1. The van der Waals surface area contributed by atoms with Crippen LogP contribution in [0.5, 0.6) is 11.6 Å². The van der Waals surface area contributed by atoms with Crippen molar-refractivity contribution in [3.8, 4) is 22.9 Å². The maximum Gasteiger partial charge on any atom is 0.425 e. The maximum absolute atomic E-state index is 12.6. The Morgan fingerprint density at radius 1 is 1.32 bits per heavy atom. The van der Waals surface area contributed by atoms with Gasteiger partial charge in [0.15, 0.2) is 6.10 Å². The van der Waals surface area contributed by atoms with Gasteiger partial charge in [-0.25, -0.2) is 4.98 Å². The van der Waals surface area contributed by atoms with Crippen molar-refractivity contribution >= 4 is 17.8 Å². The van der Waals surface area contributed by atoms with Crippen LogP contribution in [0.25, 0.3) is 11.3 Å². The highest BCUT2D eigenvalue weighted by Gasteiger charge is 2.38. The van der Waals surface area contributed by atoms with Crippen molar-refractivity contribution < 1.29 is 32.2 Å². The number of rotatable bonds is 6. The molecule has 0 aliphatic heterocycles. The molecule has 2 aromatic heterocycles. The fourth-order valence-corrected chi connectivity index (χ4v) is 2.65. The highest BCUT2D eigenvalue weighted by Crippen LogP contribution is 2.38. The monoisotopic (exact) mass is 421 g/mol. The lowest BCUT2D eigenvalue weighted by atomic mass is 10.1. The van der Waals surface area contributed by atoms with E-state index in [1.54, 1.807) is 4.68 Å². The van der Waals surface area contributed by atoms with Crippen molar-refractivity contribution in [2.24, 2.45) is 0 Å². The number of aromatic nitrogens is 3. The van der Waals surface area contributed by atoms with Gasteiger partial charge in [-0.2, -0.15) is 27.9 Å². The van der Waals surface area contributed by atoms with Crippen molar-refractivity contribution in [2.75, 3.05) is 7.11 Å². The number of hydrogen-bond donors (Lipinski definition) is 0. The summed E-state index contributed by atoms with van der Waals surface area (Å²) in [5.41, 5.74) is 1.88. The second kappa shape index (κ2) is 10.1. The minimum absolute atomic E-state index is 0.181. The lowest BCUT2D eigenvalue weighted by molar-refractivity contribution is -0.192. The number of nitrogens with zero attached hydrogens (tertiary/aromatic N) is 3. The third-order valence-electron chi connectivity index (χ3n) is 3.67. The summed E-state index contributed by atoms with van der Waals surface area (Å²) in [7, 11) is 1.41. The Hall–Kier alpha value is -2.58. The van der Waals surface area contributed by atoms with Gasteiger partial charge in [0.05, 0.1) is 29.1 Å². The third-order valence-corrected chi connectivity index (χ3v) is 4.07. The molecule has 0 saturated heterocycles. The minimum Gasteiger partial charge on any atom is -0.496 e. The lowest BCUT2D eigenvalue weighted by Gasteiger charge is -2.18. The molecule has 0 saturated carbocycles. The molecule has 28 heavy (non-hydrogen) atoms. The standard InChI is InChI=1S/C16H19ClF3N3O2.CO2/c1-5-11-14(17)15(23(6-2)22-11)10-8-21-13(7-12(10)24-4)25-9(3)16(18,19)20;2-1-3/h7-9H,5-6H2,1-4H3;/t9-;/m1./s1. The number of alkyl halides is 3. The molecule has 11 heteroatoms. The summed E-state index contributed by atoms with van der Waals surface area (Å²) < 4.78 is 49.8. The fraction of sp³-hybridized carbons (Fsp3) is 0.471. The first-order valence-corrected chi connectivity index (χ1v) is 8.54. The largest absolute Gasteiger partial charge is 0.496 e. The van der Waals surface area contributed by atoms with Gasteiger partial charge in [0.25, 0.3) is 0 Å². The van der Waals surface area contributed by atoms with Gasteiger partial charge in [0.2, 0.25) is 5.88 Å². The van der Waals surface area contributed by atoms with Gasteiger partial charge in [-0.1, -0.05) is 18.5 Å². The minimum atomic E-state index is -4.48. The molecule has 0 aliphatic rings. The lowest BCUT2D eigenvalue weighted by Crippen LogP contribution is -2.31. The molecule has 0 radical (unpaired) electrons. The average molecular weight is 422 g/mol. The maximum atomic E-state index is 12.6. The molecule has 0 fully saturated rings. The molecule has 2 rings (SSSR count). The Morgan fingerprint density at radius 2 is 1.93 bits per heavy atom. The number of ether oxygens (including phenoxy) is 2. The molecule has 0 bridgehead atoms. The van der Waals surface area contributed by atoms with Crippen LogP contribution in [0.15, 0.2) is 12.3 Å². The van der Waals surface area contributed by atoms with Crippen LogP contribution in [-0.2, 0) is 22.6 Å². The van der Waals surface area contributed by atoms with Crippen LogP contribution in [0.2, 0.25) is 5.02 Å². The van der Waals surface area contributed by atoms with Gasteiger partial charge in [0, 0.05) is 18.8 Å². The summed E-state index contributed by atoms with van der Waals surface area (Å²) in [6, 6.07) is 1.31. The molecule has 0 spiro atoms. The van der Waals surface area contributed by atoms with Crippen molar-refractivity contribution in [1.29, 1.82) is 0 Å². The number of aryl methyl sites for hydroxylation is 2. The first-order valence-electron chi connectivity index (χ1n) is 8.16. The summed E-state index contributed by atoms with van der Waals surface area (Å²) in [6.45, 7) is 5.33. The van der Waals surface area contributed by atoms with Crippen LogP contribution < -0.4 is 9.47 Å². The van der Waals surface area contributed by atoms with Crippen LogP contribution in [-0.4, -0.2) is 40.3 Å². The number of pyridine rings is 1. The van der Waals surface area contributed by atoms with E-state index in [0.717, 1.165) is 12.6 Å². The van der Waals surface area contributed by atoms with E-state index >= 15 is 0 Å². The zero-order valence-corrected chi connectivity index (χ0v) is 16.4. The Kier molecular flexibility index (Phi) is 8.46. The summed E-state index contributed by atoms with van der Waals surface area (Å²) in [6.07, 6.45) is -4.18. The smallest absolute Gasteiger partial charge is 0.425 e. The fourth-order valence-electron chi connectivity index (χ4n) is 2.28. The van der Waals surface area contributed by atoms with E-state index in [1.807, 2.05) is 13.8 Å². The Labute approximate surface area is 164 Å². The van der Waals surface area contributed by atoms with Gasteiger partial charge in [-0.15, -0.1) is 0 Å². The highest BCUT2D eigenvalue weighted by molar-refractivity contribution is 6.33. The number of carbonyl (C=O) groups excluding carboxylic acids is 2. The van der Waals surface area contributed by atoms with E-state index in [9.17, 15) is 13.2 Å². The van der Waals surface area contributed by atoms with Crippen molar-refractivity contribution in [2.45, 2.75) is 46.0 Å². The topological polar surface area (TPSA) is 83.3 Å². The van der Waals surface area contributed by atoms with Crippen LogP contribution >= 0.6 is 11.6 Å². The van der Waals surface area contributed by atoms with Gasteiger partial charge in [-0.3, -0.25) is 4.68 Å². The molecular weight excluding hydrogens is 403 g/mol. The van der Waals surface area contributed by atoms with Crippen LogP contribution in [0.4, 0.5) is 13.2 Å². The second-order valence-corrected chi connectivity index (χ2v) is 5.76. The number of halogens is 4. The van der Waals surface area contributed by atoms with Crippen LogP contribution in [0.1, 0.15) is 26.5 Å². The molecular formula is C17H19ClF3N3O4.